The van der Waals surface area contributed by atoms with Gasteiger partial charge in [0.1, 0.15) is 0 Å². The molecule has 0 aromatic heterocycles. The lowest BCUT2D eigenvalue weighted by Gasteiger charge is -2.33. The first-order valence-corrected chi connectivity index (χ1v) is 9.51. The summed E-state index contributed by atoms with van der Waals surface area (Å²) >= 11 is 0. The molecule has 1 saturated heterocycles. The Labute approximate surface area is 167 Å². The van der Waals surface area contributed by atoms with Crippen molar-refractivity contribution in [2.75, 3.05) is 46.3 Å². The van der Waals surface area contributed by atoms with Crippen LogP contribution >= 0.6 is 24.0 Å². The van der Waals surface area contributed by atoms with Crippen LogP contribution in [0, 0.1) is 0 Å². The van der Waals surface area contributed by atoms with E-state index in [1.54, 1.807) is 0 Å². The van der Waals surface area contributed by atoms with Crippen molar-refractivity contribution in [3.05, 3.63) is 0 Å². The minimum absolute atomic E-state index is 0. The molecular weight excluding hydrogens is 413 g/mol. The molecule has 2 N–H and O–H groups in total. The second-order valence-electron chi connectivity index (χ2n) is 7.00. The number of nitrogens with one attached hydrogen (secondary N) is 2. The molecule has 144 valence electrons. The summed E-state index contributed by atoms with van der Waals surface area (Å²) in [6, 6.07) is 1.34. The Morgan fingerprint density at radius 3 is 2.67 bits per heavy atom. The molecule has 0 bridgehead atoms. The van der Waals surface area contributed by atoms with Crippen LogP contribution in [0.25, 0.3) is 0 Å². The van der Waals surface area contributed by atoms with E-state index >= 15 is 0 Å². The Kier molecular flexibility index (Phi) is 14.1. The quantitative estimate of drug-likeness (QED) is 0.244. The number of hydrogen-bond donors (Lipinski definition) is 2. The molecule has 1 unspecified atom stereocenters. The van der Waals surface area contributed by atoms with Gasteiger partial charge in [-0.05, 0) is 60.5 Å². The molecular formula is C18H40IN5. The third kappa shape index (κ3) is 10.0. The van der Waals surface area contributed by atoms with Gasteiger partial charge in [-0.3, -0.25) is 4.99 Å². The predicted octanol–water partition coefficient (Wildman–Crippen LogP) is 2.76. The molecule has 0 aromatic carbocycles. The van der Waals surface area contributed by atoms with Crippen molar-refractivity contribution >= 4 is 29.9 Å². The molecule has 24 heavy (non-hydrogen) atoms. The lowest BCUT2D eigenvalue weighted by Crippen LogP contribution is -2.42. The van der Waals surface area contributed by atoms with E-state index in [1.165, 1.54) is 32.4 Å². The summed E-state index contributed by atoms with van der Waals surface area (Å²) in [5.74, 6) is 0.955. The van der Waals surface area contributed by atoms with Gasteiger partial charge in [-0.2, -0.15) is 0 Å². The third-order valence-electron chi connectivity index (χ3n) is 4.80. The first-order chi connectivity index (χ1) is 11.0. The fraction of sp³-hybridized carbons (Fsp3) is 0.944. The van der Waals surface area contributed by atoms with Crippen molar-refractivity contribution in [1.29, 1.82) is 0 Å². The normalized spacial score (nSPS) is 19.5. The number of aliphatic imine (C=N–C) groups is 1. The lowest BCUT2D eigenvalue weighted by atomic mass is 10.0. The van der Waals surface area contributed by atoms with E-state index < -0.39 is 0 Å². The van der Waals surface area contributed by atoms with Crippen molar-refractivity contribution < 1.29 is 0 Å². The van der Waals surface area contributed by atoms with E-state index in [2.05, 4.69) is 55.2 Å². The molecule has 0 aromatic rings. The van der Waals surface area contributed by atoms with Gasteiger partial charge in [0.15, 0.2) is 5.96 Å². The van der Waals surface area contributed by atoms with E-state index in [1.807, 2.05) is 0 Å². The van der Waals surface area contributed by atoms with Gasteiger partial charge in [-0.25, -0.2) is 0 Å². The van der Waals surface area contributed by atoms with Crippen LogP contribution < -0.4 is 10.6 Å². The number of rotatable bonds is 9. The number of piperidine rings is 1. The lowest BCUT2D eigenvalue weighted by molar-refractivity contribution is 0.160. The smallest absolute Gasteiger partial charge is 0.191 e. The molecule has 0 saturated carbocycles. The molecule has 5 nitrogen and oxygen atoms in total. The summed E-state index contributed by atoms with van der Waals surface area (Å²) in [5, 5.41) is 6.78. The molecule has 1 rings (SSSR count). The molecule has 0 radical (unpaired) electrons. The van der Waals surface area contributed by atoms with E-state index in [-0.39, 0.29) is 24.0 Å². The van der Waals surface area contributed by atoms with Gasteiger partial charge in [0.2, 0.25) is 0 Å². The molecule has 0 spiro atoms. The molecule has 0 amide bonds. The van der Waals surface area contributed by atoms with Crippen LogP contribution in [0.2, 0.25) is 0 Å². The fourth-order valence-electron chi connectivity index (χ4n) is 2.91. The maximum absolute atomic E-state index is 4.71. The van der Waals surface area contributed by atoms with Gasteiger partial charge in [0, 0.05) is 44.8 Å². The average Bonchev–Trinajstić information content (AvgIpc) is 2.52. The van der Waals surface area contributed by atoms with Crippen LogP contribution in [0.3, 0.4) is 0 Å². The van der Waals surface area contributed by atoms with Gasteiger partial charge in [0.25, 0.3) is 0 Å². The molecule has 1 aliphatic rings. The van der Waals surface area contributed by atoms with Crippen LogP contribution in [0.5, 0.6) is 0 Å². The SMILES string of the molecule is CCNC(=NCCCN1CCCCC1C)NCCN(C)C(C)C.I. The number of hydrogen-bond acceptors (Lipinski definition) is 3. The van der Waals surface area contributed by atoms with Crippen molar-refractivity contribution in [2.24, 2.45) is 4.99 Å². The highest BCUT2D eigenvalue weighted by Crippen LogP contribution is 2.16. The minimum atomic E-state index is 0. The van der Waals surface area contributed by atoms with E-state index in [0.717, 1.165) is 44.6 Å². The molecule has 0 aliphatic carbocycles. The zero-order valence-corrected chi connectivity index (χ0v) is 18.8. The van der Waals surface area contributed by atoms with Gasteiger partial charge in [-0.1, -0.05) is 6.42 Å². The zero-order valence-electron chi connectivity index (χ0n) is 16.5. The summed E-state index contributed by atoms with van der Waals surface area (Å²) in [7, 11) is 2.16. The monoisotopic (exact) mass is 453 g/mol. The fourth-order valence-corrected chi connectivity index (χ4v) is 2.91. The summed E-state index contributed by atoms with van der Waals surface area (Å²) < 4.78 is 0. The highest BCUT2D eigenvalue weighted by atomic mass is 127. The third-order valence-corrected chi connectivity index (χ3v) is 4.80. The molecule has 1 fully saturated rings. The van der Waals surface area contributed by atoms with Crippen molar-refractivity contribution in [2.45, 2.75) is 65.5 Å². The predicted molar refractivity (Wildman–Crippen MR) is 117 cm³/mol. The van der Waals surface area contributed by atoms with Gasteiger partial charge in [0.05, 0.1) is 0 Å². The van der Waals surface area contributed by atoms with Crippen molar-refractivity contribution in [1.82, 2.24) is 20.4 Å². The van der Waals surface area contributed by atoms with Crippen LogP contribution in [0.1, 0.15) is 53.4 Å². The van der Waals surface area contributed by atoms with Crippen LogP contribution in [0.15, 0.2) is 4.99 Å². The molecule has 6 heteroatoms. The average molecular weight is 453 g/mol. The maximum Gasteiger partial charge on any atom is 0.191 e. The van der Waals surface area contributed by atoms with Gasteiger partial charge >= 0.3 is 0 Å². The molecule has 1 heterocycles. The largest absolute Gasteiger partial charge is 0.357 e. The van der Waals surface area contributed by atoms with Crippen LogP contribution in [-0.4, -0.2) is 74.2 Å². The van der Waals surface area contributed by atoms with E-state index in [9.17, 15) is 0 Å². The highest BCUT2D eigenvalue weighted by molar-refractivity contribution is 14.0. The van der Waals surface area contributed by atoms with Crippen LogP contribution in [0.4, 0.5) is 0 Å². The number of likely N-dealkylation sites (tertiary alicyclic amines) is 1. The minimum Gasteiger partial charge on any atom is -0.357 e. The first kappa shape index (κ1) is 23.9. The summed E-state index contributed by atoms with van der Waals surface area (Å²) in [4.78, 5) is 9.68. The zero-order chi connectivity index (χ0) is 17.1. The Balaban J connectivity index is 0.00000529. The van der Waals surface area contributed by atoms with Crippen molar-refractivity contribution in [3.8, 4) is 0 Å². The summed E-state index contributed by atoms with van der Waals surface area (Å²) in [5.41, 5.74) is 0. The highest BCUT2D eigenvalue weighted by Gasteiger charge is 2.16. The maximum atomic E-state index is 4.71. The molecule has 1 atom stereocenters. The van der Waals surface area contributed by atoms with E-state index in [0.29, 0.717) is 6.04 Å². The van der Waals surface area contributed by atoms with Gasteiger partial charge in [-0.15, -0.1) is 24.0 Å². The number of guanidine groups is 1. The summed E-state index contributed by atoms with van der Waals surface area (Å²) in [6.45, 7) is 15.2. The second-order valence-corrected chi connectivity index (χ2v) is 7.00. The van der Waals surface area contributed by atoms with Crippen LogP contribution in [-0.2, 0) is 0 Å². The number of halogens is 1. The van der Waals surface area contributed by atoms with E-state index in [4.69, 9.17) is 4.99 Å². The summed E-state index contributed by atoms with van der Waals surface area (Å²) in [6.07, 6.45) is 5.26. The Morgan fingerprint density at radius 2 is 2.04 bits per heavy atom. The standard InChI is InChI=1S/C18H39N5.HI/c1-6-19-18(21-12-15-22(5)16(2)3)20-11-9-14-23-13-8-7-10-17(23)4;/h16-17H,6-15H2,1-5H3,(H2,19,20,21);1H. The number of likely N-dealkylation sites (N-methyl/N-ethyl adjacent to an activating group) is 1. The first-order valence-electron chi connectivity index (χ1n) is 9.51. The topological polar surface area (TPSA) is 42.9 Å². The number of nitrogens with zero attached hydrogens (tertiary/aromatic N) is 3. The van der Waals surface area contributed by atoms with Gasteiger partial charge < -0.3 is 20.4 Å². The Hall–Kier alpha value is -0.0800. The second kappa shape index (κ2) is 14.1. The van der Waals surface area contributed by atoms with Crippen molar-refractivity contribution in [3.63, 3.8) is 0 Å². The molecule has 1 aliphatic heterocycles. The Bertz CT molecular complexity index is 335. The Morgan fingerprint density at radius 1 is 1.29 bits per heavy atom.